The molecule has 1 fully saturated rings. The average molecular weight is 300 g/mol. The summed E-state index contributed by atoms with van der Waals surface area (Å²) in [5.41, 5.74) is -1.88. The molecular weight excluding hydrogens is 272 g/mol. The fourth-order valence-corrected chi connectivity index (χ4v) is 2.90. The second-order valence-corrected chi connectivity index (χ2v) is 7.25. The minimum Gasteiger partial charge on any atom is -0.479 e. The van der Waals surface area contributed by atoms with Gasteiger partial charge in [0.2, 0.25) is 0 Å². The largest absolute Gasteiger partial charge is 0.479 e. The van der Waals surface area contributed by atoms with Crippen molar-refractivity contribution < 1.29 is 19.4 Å². The Morgan fingerprint density at radius 2 is 1.90 bits per heavy atom. The summed E-state index contributed by atoms with van der Waals surface area (Å²) in [4.78, 5) is 27.8. The Labute approximate surface area is 127 Å². The van der Waals surface area contributed by atoms with Crippen LogP contribution in [0.15, 0.2) is 0 Å². The first-order valence-corrected chi connectivity index (χ1v) is 7.36. The topological polar surface area (TPSA) is 70.1 Å². The van der Waals surface area contributed by atoms with E-state index in [0.717, 1.165) is 0 Å². The number of hydrogen-bond acceptors (Lipinski definition) is 4. The molecule has 0 aromatic carbocycles. The third-order valence-electron chi connectivity index (χ3n) is 3.86. The summed E-state index contributed by atoms with van der Waals surface area (Å²) in [5.74, 6) is -0.974. The van der Waals surface area contributed by atoms with E-state index >= 15 is 0 Å². The number of carboxylic acid groups (broad SMARTS) is 1. The maximum Gasteiger partial charge on any atom is 0.411 e. The van der Waals surface area contributed by atoms with E-state index in [1.165, 1.54) is 4.90 Å². The molecule has 0 aromatic heterocycles. The smallest absolute Gasteiger partial charge is 0.411 e. The number of likely N-dealkylation sites (tertiary alicyclic amines) is 1. The number of carbonyl (C=O) groups excluding carboxylic acids is 1. The number of aliphatic carboxylic acids is 1. The van der Waals surface area contributed by atoms with Gasteiger partial charge in [0, 0.05) is 18.6 Å². The van der Waals surface area contributed by atoms with Gasteiger partial charge in [0.25, 0.3) is 0 Å². The van der Waals surface area contributed by atoms with Gasteiger partial charge in [-0.3, -0.25) is 4.90 Å². The number of carbonyl (C=O) groups is 2. The lowest BCUT2D eigenvalue weighted by Gasteiger charge is -2.41. The van der Waals surface area contributed by atoms with Crippen molar-refractivity contribution in [2.75, 3.05) is 13.6 Å². The summed E-state index contributed by atoms with van der Waals surface area (Å²) in [6.45, 7) is 11.2. The molecule has 0 saturated carbocycles. The van der Waals surface area contributed by atoms with E-state index in [0.29, 0.717) is 13.0 Å². The minimum atomic E-state index is -1.23. The van der Waals surface area contributed by atoms with Gasteiger partial charge in [-0.2, -0.15) is 0 Å². The van der Waals surface area contributed by atoms with E-state index < -0.39 is 23.2 Å². The van der Waals surface area contributed by atoms with Gasteiger partial charge in [-0.15, -0.1) is 0 Å². The van der Waals surface area contributed by atoms with Gasteiger partial charge in [-0.05, 0) is 55.0 Å². The van der Waals surface area contributed by atoms with E-state index in [-0.39, 0.29) is 12.1 Å². The lowest BCUT2D eigenvalue weighted by molar-refractivity contribution is -0.151. The summed E-state index contributed by atoms with van der Waals surface area (Å²) < 4.78 is 5.42. The van der Waals surface area contributed by atoms with Crippen LogP contribution < -0.4 is 0 Å². The number of amides is 1. The van der Waals surface area contributed by atoms with Gasteiger partial charge in [-0.25, -0.2) is 9.59 Å². The van der Waals surface area contributed by atoms with Gasteiger partial charge >= 0.3 is 12.1 Å². The van der Waals surface area contributed by atoms with E-state index in [1.807, 2.05) is 32.7 Å². The van der Waals surface area contributed by atoms with Gasteiger partial charge in [0.05, 0.1) is 0 Å². The Hall–Kier alpha value is -1.30. The van der Waals surface area contributed by atoms with Crippen LogP contribution in [0.1, 0.15) is 48.0 Å². The van der Waals surface area contributed by atoms with Crippen LogP contribution >= 0.6 is 0 Å². The van der Waals surface area contributed by atoms with Gasteiger partial charge in [0.1, 0.15) is 5.60 Å². The highest BCUT2D eigenvalue weighted by molar-refractivity contribution is 5.85. The van der Waals surface area contributed by atoms with Crippen molar-refractivity contribution in [2.24, 2.45) is 0 Å². The summed E-state index contributed by atoms with van der Waals surface area (Å²) in [6.07, 6.45) is -0.168. The average Bonchev–Trinajstić information content (AvgIpc) is 2.52. The number of hydrogen-bond donors (Lipinski definition) is 1. The number of carboxylic acids is 1. The Bertz CT molecular complexity index is 404. The first-order valence-electron chi connectivity index (χ1n) is 7.36. The molecule has 122 valence electrons. The quantitative estimate of drug-likeness (QED) is 0.865. The highest BCUT2D eigenvalue weighted by atomic mass is 16.6. The maximum absolute atomic E-state index is 12.5. The van der Waals surface area contributed by atoms with Crippen LogP contribution in [0, 0.1) is 0 Å². The summed E-state index contributed by atoms with van der Waals surface area (Å²) >= 11 is 0. The minimum absolute atomic E-state index is 0.102. The van der Waals surface area contributed by atoms with Crippen molar-refractivity contribution in [3.05, 3.63) is 0 Å². The van der Waals surface area contributed by atoms with Gasteiger partial charge in [0.15, 0.2) is 5.54 Å². The Balaban J connectivity index is 3.18. The van der Waals surface area contributed by atoms with Crippen molar-refractivity contribution in [3.8, 4) is 0 Å². The third kappa shape index (κ3) is 3.67. The predicted octanol–water partition coefficient (Wildman–Crippen LogP) is 2.18. The first kappa shape index (κ1) is 17.8. The zero-order chi connectivity index (χ0) is 16.6. The van der Waals surface area contributed by atoms with Crippen molar-refractivity contribution in [1.82, 2.24) is 9.80 Å². The van der Waals surface area contributed by atoms with Crippen molar-refractivity contribution in [1.29, 1.82) is 0 Å². The standard InChI is InChI=1S/C15H28N2O4/c1-10(2)17(13(20)21-14(4,5)6)15(12(18)19)8-11(3)16(7)9-15/h10-11H,8-9H2,1-7H3,(H,18,19). The van der Waals surface area contributed by atoms with Crippen LogP contribution in [0.4, 0.5) is 4.79 Å². The van der Waals surface area contributed by atoms with Crippen LogP contribution in [0.25, 0.3) is 0 Å². The summed E-state index contributed by atoms with van der Waals surface area (Å²) in [7, 11) is 1.88. The van der Waals surface area contributed by atoms with Crippen LogP contribution in [0.2, 0.25) is 0 Å². The Morgan fingerprint density at radius 1 is 1.38 bits per heavy atom. The fraction of sp³-hybridized carbons (Fsp3) is 0.867. The molecule has 0 spiro atoms. The highest BCUT2D eigenvalue weighted by Crippen LogP contribution is 2.34. The second-order valence-electron chi connectivity index (χ2n) is 7.25. The third-order valence-corrected chi connectivity index (χ3v) is 3.86. The fourth-order valence-electron chi connectivity index (χ4n) is 2.90. The van der Waals surface area contributed by atoms with Crippen LogP contribution in [-0.4, -0.2) is 63.8 Å². The highest BCUT2D eigenvalue weighted by Gasteiger charge is 2.54. The lowest BCUT2D eigenvalue weighted by atomic mass is 9.93. The molecule has 1 amide bonds. The zero-order valence-corrected chi connectivity index (χ0v) is 14.1. The van der Waals surface area contributed by atoms with Crippen molar-refractivity contribution >= 4 is 12.1 Å². The Kier molecular flexibility index (Phi) is 4.93. The van der Waals surface area contributed by atoms with E-state index in [2.05, 4.69) is 0 Å². The molecule has 6 heteroatoms. The molecule has 21 heavy (non-hydrogen) atoms. The van der Waals surface area contributed by atoms with Crippen molar-refractivity contribution in [2.45, 2.75) is 71.2 Å². The maximum atomic E-state index is 12.5. The van der Waals surface area contributed by atoms with Crippen LogP contribution in [0.3, 0.4) is 0 Å². The molecule has 0 radical (unpaired) electrons. The zero-order valence-electron chi connectivity index (χ0n) is 14.1. The molecule has 1 aliphatic rings. The molecule has 0 bridgehead atoms. The van der Waals surface area contributed by atoms with Gasteiger partial charge < -0.3 is 14.7 Å². The summed E-state index contributed by atoms with van der Waals surface area (Å²) in [6, 6.07) is -0.153. The van der Waals surface area contributed by atoms with E-state index in [1.54, 1.807) is 20.8 Å². The van der Waals surface area contributed by atoms with Crippen LogP contribution in [0.5, 0.6) is 0 Å². The number of rotatable bonds is 3. The van der Waals surface area contributed by atoms with E-state index in [9.17, 15) is 14.7 Å². The molecule has 1 saturated heterocycles. The second kappa shape index (κ2) is 5.83. The number of ether oxygens (including phenoxy) is 1. The van der Waals surface area contributed by atoms with E-state index in [4.69, 9.17) is 4.74 Å². The first-order chi connectivity index (χ1) is 9.40. The molecule has 2 atom stereocenters. The van der Waals surface area contributed by atoms with Gasteiger partial charge in [-0.1, -0.05) is 0 Å². The molecule has 1 rings (SSSR count). The molecule has 6 nitrogen and oxygen atoms in total. The lowest BCUT2D eigenvalue weighted by Crippen LogP contribution is -2.61. The molecule has 1 N–H and O–H groups in total. The molecule has 2 unspecified atom stereocenters. The Morgan fingerprint density at radius 3 is 2.19 bits per heavy atom. The molecule has 1 aliphatic heterocycles. The SMILES string of the molecule is CC1CC(C(=O)O)(N(C(=O)OC(C)(C)C)C(C)C)CN1C. The summed E-state index contributed by atoms with van der Waals surface area (Å²) in [5, 5.41) is 9.79. The van der Waals surface area contributed by atoms with Crippen LogP contribution in [-0.2, 0) is 9.53 Å². The normalized spacial score (nSPS) is 27.0. The monoisotopic (exact) mass is 300 g/mol. The number of likely N-dealkylation sites (N-methyl/N-ethyl adjacent to an activating group) is 1. The molecule has 0 aliphatic carbocycles. The van der Waals surface area contributed by atoms with Crippen molar-refractivity contribution in [3.63, 3.8) is 0 Å². The predicted molar refractivity (Wildman–Crippen MR) is 80.3 cm³/mol. The number of nitrogens with zero attached hydrogens (tertiary/aromatic N) is 2. The molecule has 0 aromatic rings. The molecule has 1 heterocycles. The molecular formula is C15H28N2O4.